The number of carbonyl (C=O) groups is 2. The van der Waals surface area contributed by atoms with Crippen LogP contribution in [0.15, 0.2) is 72.3 Å². The van der Waals surface area contributed by atoms with Crippen LogP contribution >= 0.6 is 0 Å². The minimum atomic E-state index is -0.211. The molecule has 8 nitrogen and oxygen atoms in total. The van der Waals surface area contributed by atoms with E-state index in [1.807, 2.05) is 35.7 Å². The topological polar surface area (TPSA) is 91.2 Å². The van der Waals surface area contributed by atoms with Crippen LogP contribution in [0.4, 0.5) is 0 Å². The molecule has 40 heavy (non-hydrogen) atoms. The highest BCUT2D eigenvalue weighted by Crippen LogP contribution is 2.38. The number of imidazole rings is 1. The molecule has 2 aliphatic carbocycles. The molecule has 1 N–H and O–H groups in total. The number of aromatic nitrogens is 2. The molecule has 3 aromatic rings. The van der Waals surface area contributed by atoms with Crippen molar-refractivity contribution in [1.82, 2.24) is 14.7 Å². The number of nitrogens with zero attached hydrogens (tertiary/aromatic N) is 2. The first kappa shape index (κ1) is 26.3. The maximum Gasteiger partial charge on any atom is 0.306 e. The molecular formula is C32H35N3O5. The molecule has 0 spiro atoms. The van der Waals surface area contributed by atoms with Crippen LogP contribution in [-0.2, 0) is 19.0 Å². The quantitative estimate of drug-likeness (QED) is 0.376. The summed E-state index contributed by atoms with van der Waals surface area (Å²) in [5.74, 6) is 1.52. The molecule has 2 aromatic heterocycles. The van der Waals surface area contributed by atoms with E-state index in [9.17, 15) is 9.59 Å². The van der Waals surface area contributed by atoms with Gasteiger partial charge in [0.15, 0.2) is 6.79 Å². The fourth-order valence-electron chi connectivity index (χ4n) is 5.95. The number of nitrogens with one attached hydrogen (secondary N) is 1. The molecule has 1 aromatic carbocycles. The van der Waals surface area contributed by atoms with Crippen molar-refractivity contribution in [1.29, 1.82) is 0 Å². The Labute approximate surface area is 234 Å². The summed E-state index contributed by atoms with van der Waals surface area (Å²) in [6.45, 7) is 3.01. The van der Waals surface area contributed by atoms with Crippen LogP contribution in [0.25, 0.3) is 16.8 Å². The Bertz CT molecular complexity index is 1450. The molecular weight excluding hydrogens is 506 g/mol. The first-order chi connectivity index (χ1) is 19.6. The van der Waals surface area contributed by atoms with E-state index in [0.717, 1.165) is 60.2 Å². The molecule has 0 radical (unpaired) electrons. The number of carbonyl (C=O) groups excluding carboxylic acids is 2. The average Bonchev–Trinajstić information content (AvgIpc) is 3.63. The Morgan fingerprint density at radius 1 is 1.05 bits per heavy atom. The second-order valence-corrected chi connectivity index (χ2v) is 10.8. The molecule has 2 fully saturated rings. The maximum absolute atomic E-state index is 12.8. The summed E-state index contributed by atoms with van der Waals surface area (Å²) in [6, 6.07) is 12.8. The lowest BCUT2D eigenvalue weighted by Gasteiger charge is -2.28. The monoisotopic (exact) mass is 541 g/mol. The van der Waals surface area contributed by atoms with E-state index in [2.05, 4.69) is 40.6 Å². The third kappa shape index (κ3) is 5.82. The molecule has 1 saturated carbocycles. The van der Waals surface area contributed by atoms with Gasteiger partial charge in [-0.2, -0.15) is 0 Å². The van der Waals surface area contributed by atoms with Crippen LogP contribution in [0.5, 0.6) is 0 Å². The zero-order valence-electron chi connectivity index (χ0n) is 22.8. The summed E-state index contributed by atoms with van der Waals surface area (Å²) in [5, 5.41) is 2.96. The Hall–Kier alpha value is -3.91. The maximum atomic E-state index is 12.8. The molecule has 3 aliphatic rings. The van der Waals surface area contributed by atoms with Gasteiger partial charge in [0, 0.05) is 25.4 Å². The Morgan fingerprint density at radius 3 is 2.65 bits per heavy atom. The number of benzene rings is 1. The van der Waals surface area contributed by atoms with Crippen LogP contribution in [0.1, 0.15) is 67.4 Å². The molecule has 0 bridgehead atoms. The number of hydrogen-bond donors (Lipinski definition) is 1. The van der Waals surface area contributed by atoms with E-state index in [4.69, 9.17) is 14.2 Å². The lowest BCUT2D eigenvalue weighted by Crippen LogP contribution is -2.26. The average molecular weight is 542 g/mol. The molecule has 1 aliphatic heterocycles. The third-order valence-corrected chi connectivity index (χ3v) is 8.19. The molecule has 208 valence electrons. The molecule has 1 unspecified atom stereocenters. The molecule has 8 heteroatoms. The molecule has 1 saturated heterocycles. The van der Waals surface area contributed by atoms with Crippen molar-refractivity contribution < 1.29 is 23.8 Å². The van der Waals surface area contributed by atoms with Crippen molar-refractivity contribution >= 4 is 17.5 Å². The first-order valence-electron chi connectivity index (χ1n) is 14.2. The molecule has 6 rings (SSSR count). The summed E-state index contributed by atoms with van der Waals surface area (Å²) in [6.07, 6.45) is 13.5. The van der Waals surface area contributed by atoms with E-state index in [1.54, 1.807) is 6.20 Å². The van der Waals surface area contributed by atoms with Crippen molar-refractivity contribution in [2.45, 2.75) is 57.5 Å². The number of ether oxygens (including phenoxy) is 3. The summed E-state index contributed by atoms with van der Waals surface area (Å²) in [4.78, 5) is 29.1. The van der Waals surface area contributed by atoms with E-state index in [-0.39, 0.29) is 24.8 Å². The largest absolute Gasteiger partial charge is 0.469 e. The zero-order chi connectivity index (χ0) is 27.5. The highest BCUT2D eigenvalue weighted by molar-refractivity contribution is 5.93. The highest BCUT2D eigenvalue weighted by Gasteiger charge is 2.26. The van der Waals surface area contributed by atoms with E-state index in [0.29, 0.717) is 37.1 Å². The normalized spacial score (nSPS) is 22.2. The van der Waals surface area contributed by atoms with E-state index >= 15 is 0 Å². The first-order valence-corrected chi connectivity index (χ1v) is 14.2. The van der Waals surface area contributed by atoms with E-state index in [1.165, 1.54) is 5.56 Å². The summed E-state index contributed by atoms with van der Waals surface area (Å²) < 4.78 is 18.0. The number of esters is 1. The zero-order valence-corrected chi connectivity index (χ0v) is 22.8. The predicted molar refractivity (Wildman–Crippen MR) is 151 cm³/mol. The third-order valence-electron chi connectivity index (χ3n) is 8.19. The van der Waals surface area contributed by atoms with Gasteiger partial charge in [0.05, 0.1) is 6.61 Å². The van der Waals surface area contributed by atoms with Crippen molar-refractivity contribution in [3.63, 3.8) is 0 Å². The van der Waals surface area contributed by atoms with Gasteiger partial charge < -0.3 is 23.9 Å². The van der Waals surface area contributed by atoms with E-state index < -0.39 is 0 Å². The lowest BCUT2D eigenvalue weighted by atomic mass is 9.77. The molecule has 1 atom stereocenters. The van der Waals surface area contributed by atoms with Crippen molar-refractivity contribution in [2.75, 3.05) is 19.9 Å². The van der Waals surface area contributed by atoms with Gasteiger partial charge in [0.2, 0.25) is 0 Å². The van der Waals surface area contributed by atoms with Crippen LogP contribution in [0.3, 0.4) is 0 Å². The minimum absolute atomic E-state index is 0.00684. The van der Waals surface area contributed by atoms with Gasteiger partial charge in [-0.15, -0.1) is 0 Å². The molecule has 1 amide bonds. The van der Waals surface area contributed by atoms with Crippen LogP contribution in [0, 0.1) is 5.92 Å². The number of fused-ring (bicyclic) bond motifs is 2. The van der Waals surface area contributed by atoms with Gasteiger partial charge in [-0.05, 0) is 91.3 Å². The summed E-state index contributed by atoms with van der Waals surface area (Å²) in [5.41, 5.74) is 5.65. The number of hydrogen-bond acceptors (Lipinski definition) is 6. The van der Waals surface area contributed by atoms with Gasteiger partial charge in [0.1, 0.15) is 23.2 Å². The Morgan fingerprint density at radius 2 is 1.85 bits per heavy atom. The predicted octanol–water partition coefficient (Wildman–Crippen LogP) is 5.55. The van der Waals surface area contributed by atoms with Crippen molar-refractivity contribution in [3.05, 3.63) is 83.5 Å². The van der Waals surface area contributed by atoms with Crippen LogP contribution in [0.2, 0.25) is 0 Å². The van der Waals surface area contributed by atoms with Gasteiger partial charge in [-0.3, -0.25) is 9.59 Å². The van der Waals surface area contributed by atoms with Crippen molar-refractivity contribution in [3.8, 4) is 11.1 Å². The van der Waals surface area contributed by atoms with Crippen LogP contribution in [-0.4, -0.2) is 47.3 Å². The standard InChI is InChI=1S/C32H35N3O5/c1-2-38-31(36)16-21-3-6-23(7-4-21)24-8-10-25(11-9-24)26-12-14-30-34-27(19-35(30)18-26)32(37)33-17-22-5-13-28-29(15-22)40-20-39-28/h5,8-12,14-15,18-19,21,23,28H,2-4,6-7,13,16-17,20H2,1H3,(H,33,37). The number of rotatable bonds is 8. The lowest BCUT2D eigenvalue weighted by molar-refractivity contribution is -0.144. The SMILES string of the molecule is CCOC(=O)CC1CCC(c2ccc(-c3ccc4nc(C(=O)NCC5=CCC6OCOC6=C5)cn4c3)cc2)CC1. The number of amides is 1. The van der Waals surface area contributed by atoms with Gasteiger partial charge in [0.25, 0.3) is 5.91 Å². The Balaban J connectivity index is 1.06. The number of pyridine rings is 1. The fraction of sp³-hybridized carbons (Fsp3) is 0.406. The minimum Gasteiger partial charge on any atom is -0.469 e. The molecule has 3 heterocycles. The second kappa shape index (κ2) is 11.7. The fourth-order valence-corrected chi connectivity index (χ4v) is 5.95. The highest BCUT2D eigenvalue weighted by atomic mass is 16.7. The summed E-state index contributed by atoms with van der Waals surface area (Å²) >= 11 is 0. The van der Waals surface area contributed by atoms with Gasteiger partial charge in [-0.25, -0.2) is 4.98 Å². The van der Waals surface area contributed by atoms with Crippen molar-refractivity contribution in [2.24, 2.45) is 5.92 Å². The second-order valence-electron chi connectivity index (χ2n) is 10.8. The smallest absolute Gasteiger partial charge is 0.306 e. The van der Waals surface area contributed by atoms with Gasteiger partial charge >= 0.3 is 5.97 Å². The van der Waals surface area contributed by atoms with Crippen LogP contribution < -0.4 is 5.32 Å². The Kier molecular flexibility index (Phi) is 7.68. The van der Waals surface area contributed by atoms with Gasteiger partial charge in [-0.1, -0.05) is 30.3 Å². The summed E-state index contributed by atoms with van der Waals surface area (Å²) in [7, 11) is 0.